The number of piperazine rings is 1. The van der Waals surface area contributed by atoms with Gasteiger partial charge in [-0.05, 0) is 24.3 Å². The van der Waals surface area contributed by atoms with Crippen molar-refractivity contribution in [1.29, 1.82) is 0 Å². The Morgan fingerprint density at radius 1 is 0.971 bits per heavy atom. The first kappa shape index (κ1) is 22.5. The second-order valence-corrected chi connectivity index (χ2v) is 9.92. The summed E-state index contributed by atoms with van der Waals surface area (Å²) in [4.78, 5) is 29.1. The maximum absolute atomic E-state index is 12.9. The van der Waals surface area contributed by atoms with Gasteiger partial charge in [-0.1, -0.05) is 53.4 Å². The van der Waals surface area contributed by atoms with E-state index in [1.807, 2.05) is 48.5 Å². The summed E-state index contributed by atoms with van der Waals surface area (Å²) in [5.74, 6) is 1.43. The third-order valence-electron chi connectivity index (χ3n) is 5.48. The third-order valence-corrected chi connectivity index (χ3v) is 7.44. The summed E-state index contributed by atoms with van der Waals surface area (Å²) in [6.45, 7) is 2.12. The molecule has 2 amide bonds. The van der Waals surface area contributed by atoms with Crippen molar-refractivity contribution in [2.45, 2.75) is 10.4 Å². The largest absolute Gasteiger partial charge is 0.485 e. The Labute approximate surface area is 205 Å². The maximum Gasteiger partial charge on any atom is 0.267 e. The number of aromatic nitrogens is 2. The van der Waals surface area contributed by atoms with Crippen molar-refractivity contribution in [3.63, 3.8) is 0 Å². The zero-order valence-electron chi connectivity index (χ0n) is 18.3. The molecule has 2 aromatic carbocycles. The summed E-state index contributed by atoms with van der Waals surface area (Å²) in [6, 6.07) is 17.1. The Morgan fingerprint density at radius 2 is 1.68 bits per heavy atom. The van der Waals surface area contributed by atoms with Crippen LogP contribution in [0.5, 0.6) is 11.5 Å². The van der Waals surface area contributed by atoms with Gasteiger partial charge in [0.25, 0.3) is 5.91 Å². The number of nitrogens with zero attached hydrogens (tertiary/aromatic N) is 4. The van der Waals surface area contributed by atoms with Gasteiger partial charge in [-0.2, -0.15) is 0 Å². The molecule has 1 N–H and O–H groups in total. The lowest BCUT2D eigenvalue weighted by Crippen LogP contribution is -2.55. The molecule has 0 aliphatic carbocycles. The van der Waals surface area contributed by atoms with Crippen LogP contribution in [0.4, 0.5) is 10.8 Å². The molecule has 9 nitrogen and oxygen atoms in total. The van der Waals surface area contributed by atoms with E-state index in [0.717, 1.165) is 10.0 Å². The van der Waals surface area contributed by atoms with E-state index in [0.29, 0.717) is 42.8 Å². The smallest absolute Gasteiger partial charge is 0.267 e. The summed E-state index contributed by atoms with van der Waals surface area (Å²) < 4.78 is 12.2. The Kier molecular flexibility index (Phi) is 6.82. The quantitative estimate of drug-likeness (QED) is 0.520. The van der Waals surface area contributed by atoms with Gasteiger partial charge >= 0.3 is 0 Å². The monoisotopic (exact) mass is 497 g/mol. The summed E-state index contributed by atoms with van der Waals surface area (Å²) in [7, 11) is 0. The lowest BCUT2D eigenvalue weighted by molar-refractivity contribution is -0.145. The average Bonchev–Trinajstić information content (AvgIpc) is 3.34. The molecule has 0 saturated carbocycles. The second-order valence-electron chi connectivity index (χ2n) is 7.72. The van der Waals surface area contributed by atoms with Crippen LogP contribution in [0.15, 0.2) is 58.9 Å². The molecular formula is C23H23N5O4S2. The van der Waals surface area contributed by atoms with Gasteiger partial charge in [-0.3, -0.25) is 9.59 Å². The first-order chi connectivity index (χ1) is 16.7. The third kappa shape index (κ3) is 5.26. The number of anilines is 2. The molecule has 0 bridgehead atoms. The van der Waals surface area contributed by atoms with Gasteiger partial charge in [0.15, 0.2) is 15.8 Å². The molecule has 11 heteroatoms. The first-order valence-corrected chi connectivity index (χ1v) is 12.7. The van der Waals surface area contributed by atoms with Gasteiger partial charge in [0.1, 0.15) is 6.61 Å². The fourth-order valence-electron chi connectivity index (χ4n) is 3.70. The van der Waals surface area contributed by atoms with Gasteiger partial charge in [-0.25, -0.2) is 0 Å². The minimum absolute atomic E-state index is 0.0241. The lowest BCUT2D eigenvalue weighted by Gasteiger charge is -2.37. The molecule has 2 aliphatic heterocycles. The van der Waals surface area contributed by atoms with Gasteiger partial charge < -0.3 is 24.6 Å². The van der Waals surface area contributed by atoms with Crippen molar-refractivity contribution < 1.29 is 19.1 Å². The summed E-state index contributed by atoms with van der Waals surface area (Å²) >= 11 is 2.79. The number of hydrogen-bond donors (Lipinski definition) is 1. The molecule has 1 saturated heterocycles. The number of nitrogens with one attached hydrogen (secondary N) is 1. The highest BCUT2D eigenvalue weighted by Gasteiger charge is 2.33. The van der Waals surface area contributed by atoms with Crippen molar-refractivity contribution in [2.75, 3.05) is 43.9 Å². The van der Waals surface area contributed by atoms with Gasteiger partial charge in [0, 0.05) is 31.9 Å². The number of rotatable bonds is 6. The topological polar surface area (TPSA) is 96.9 Å². The molecule has 0 spiro atoms. The SMILES string of the molecule is O=C(CSc1nnc(Nc2ccccc2)s1)N1CCN(C(=O)[C@@H]2COc3ccccc3O2)CC1. The van der Waals surface area contributed by atoms with E-state index in [2.05, 4.69) is 15.5 Å². The van der Waals surface area contributed by atoms with E-state index in [1.165, 1.54) is 23.1 Å². The standard InChI is InChI=1S/C23H23N5O4S2/c29-20(15-33-23-26-25-22(34-23)24-16-6-2-1-3-7-16)27-10-12-28(13-11-27)21(30)19-14-31-17-8-4-5-9-18(17)32-19/h1-9,19H,10-15H2,(H,24,25)/t19-/m0/s1. The molecule has 0 radical (unpaired) electrons. The summed E-state index contributed by atoms with van der Waals surface area (Å²) in [6.07, 6.45) is -0.663. The minimum atomic E-state index is -0.663. The summed E-state index contributed by atoms with van der Waals surface area (Å²) in [5, 5.41) is 12.2. The van der Waals surface area contributed by atoms with Crippen LogP contribution < -0.4 is 14.8 Å². The van der Waals surface area contributed by atoms with Crippen LogP contribution >= 0.6 is 23.1 Å². The minimum Gasteiger partial charge on any atom is -0.485 e. The van der Waals surface area contributed by atoms with E-state index in [4.69, 9.17) is 9.47 Å². The molecule has 1 fully saturated rings. The van der Waals surface area contributed by atoms with Crippen molar-refractivity contribution in [2.24, 2.45) is 0 Å². The Morgan fingerprint density at radius 3 is 2.47 bits per heavy atom. The van der Waals surface area contributed by atoms with Gasteiger partial charge in [0.05, 0.1) is 5.75 Å². The molecule has 2 aliphatic rings. The molecule has 3 heterocycles. The van der Waals surface area contributed by atoms with Gasteiger partial charge in [0.2, 0.25) is 17.1 Å². The van der Waals surface area contributed by atoms with Crippen LogP contribution in [0.25, 0.3) is 0 Å². The molecule has 176 valence electrons. The van der Waals surface area contributed by atoms with Crippen LogP contribution in [0, 0.1) is 0 Å². The van der Waals surface area contributed by atoms with Gasteiger partial charge in [-0.15, -0.1) is 10.2 Å². The van der Waals surface area contributed by atoms with E-state index in [-0.39, 0.29) is 24.2 Å². The first-order valence-electron chi connectivity index (χ1n) is 10.9. The van der Waals surface area contributed by atoms with Crippen molar-refractivity contribution in [1.82, 2.24) is 20.0 Å². The second kappa shape index (κ2) is 10.3. The summed E-state index contributed by atoms with van der Waals surface area (Å²) in [5.41, 5.74) is 0.938. The fourth-order valence-corrected chi connectivity index (χ4v) is 5.37. The average molecular weight is 498 g/mol. The zero-order valence-corrected chi connectivity index (χ0v) is 19.9. The Hall–Kier alpha value is -3.31. The number of carbonyl (C=O) groups excluding carboxylic acids is 2. The van der Waals surface area contributed by atoms with E-state index < -0.39 is 6.10 Å². The normalized spacial score (nSPS) is 17.4. The number of thioether (sulfide) groups is 1. The predicted molar refractivity (Wildman–Crippen MR) is 130 cm³/mol. The number of para-hydroxylation sites is 3. The highest BCUT2D eigenvalue weighted by Crippen LogP contribution is 2.31. The van der Waals surface area contributed by atoms with E-state index >= 15 is 0 Å². The molecule has 1 atom stereocenters. The van der Waals surface area contributed by atoms with Crippen LogP contribution in [0.2, 0.25) is 0 Å². The van der Waals surface area contributed by atoms with Crippen LogP contribution in [-0.2, 0) is 9.59 Å². The zero-order chi connectivity index (χ0) is 23.3. The maximum atomic E-state index is 12.9. The Bertz CT molecular complexity index is 1150. The fraction of sp³-hybridized carbons (Fsp3) is 0.304. The Balaban J connectivity index is 1.07. The number of hydrogen-bond acceptors (Lipinski definition) is 9. The lowest BCUT2D eigenvalue weighted by atomic mass is 10.2. The van der Waals surface area contributed by atoms with Crippen molar-refractivity contribution >= 4 is 45.7 Å². The molecule has 34 heavy (non-hydrogen) atoms. The predicted octanol–water partition coefficient (Wildman–Crippen LogP) is 2.88. The molecule has 1 aromatic heterocycles. The number of carbonyl (C=O) groups is 2. The number of ether oxygens (including phenoxy) is 2. The van der Waals surface area contributed by atoms with Crippen molar-refractivity contribution in [3.8, 4) is 11.5 Å². The highest BCUT2D eigenvalue weighted by molar-refractivity contribution is 8.01. The van der Waals surface area contributed by atoms with E-state index in [9.17, 15) is 9.59 Å². The number of benzene rings is 2. The van der Waals surface area contributed by atoms with Crippen LogP contribution in [0.1, 0.15) is 0 Å². The number of amides is 2. The van der Waals surface area contributed by atoms with Crippen LogP contribution in [-0.4, -0.2) is 76.5 Å². The van der Waals surface area contributed by atoms with E-state index in [1.54, 1.807) is 15.9 Å². The molecule has 5 rings (SSSR count). The molecule has 3 aromatic rings. The van der Waals surface area contributed by atoms with Crippen molar-refractivity contribution in [3.05, 3.63) is 54.6 Å². The highest BCUT2D eigenvalue weighted by atomic mass is 32.2. The molecular weight excluding hydrogens is 474 g/mol. The number of fused-ring (bicyclic) bond motifs is 1. The van der Waals surface area contributed by atoms with Crippen LogP contribution in [0.3, 0.4) is 0 Å². The molecule has 0 unspecified atom stereocenters.